The van der Waals surface area contributed by atoms with E-state index in [1.807, 2.05) is 19.9 Å². The van der Waals surface area contributed by atoms with Gasteiger partial charge in [0, 0.05) is 33.4 Å². The lowest BCUT2D eigenvalue weighted by molar-refractivity contribution is -0.685. The molecule has 2 heteroatoms. The van der Waals surface area contributed by atoms with Crippen LogP contribution >= 0.6 is 0 Å². The van der Waals surface area contributed by atoms with Gasteiger partial charge >= 0.3 is 0 Å². The Morgan fingerprint density at radius 2 is 1.54 bits per heavy atom. The molecule has 1 aromatic carbocycles. The van der Waals surface area contributed by atoms with Crippen molar-refractivity contribution >= 4 is 0 Å². The molecule has 0 bridgehead atoms. The SMILES string of the molecule is [2H]C([2H])([2H])c1cc(C)c(-c2cccc(-c3ccc(C)c[n+]3C)[n+]2C)cc1C. The Morgan fingerprint density at radius 3 is 2.25 bits per heavy atom. The Hall–Kier alpha value is -2.48. The van der Waals surface area contributed by atoms with E-state index in [9.17, 15) is 0 Å². The van der Waals surface area contributed by atoms with Crippen molar-refractivity contribution in [1.29, 1.82) is 0 Å². The summed E-state index contributed by atoms with van der Waals surface area (Å²) in [5.41, 5.74) is 7.74. The Bertz CT molecular complexity index is 1020. The van der Waals surface area contributed by atoms with Crippen LogP contribution in [-0.4, -0.2) is 0 Å². The molecular weight excluding hydrogens is 292 g/mol. The third kappa shape index (κ3) is 2.84. The molecule has 2 heterocycles. The molecule has 0 saturated heterocycles. The summed E-state index contributed by atoms with van der Waals surface area (Å²) in [5, 5.41) is 0. The maximum Gasteiger partial charge on any atom is 0.277 e. The van der Waals surface area contributed by atoms with Gasteiger partial charge < -0.3 is 0 Å². The predicted molar refractivity (Wildman–Crippen MR) is 98.6 cm³/mol. The normalized spacial score (nSPS) is 13.3. The molecule has 0 amide bonds. The van der Waals surface area contributed by atoms with E-state index in [0.717, 1.165) is 33.8 Å². The van der Waals surface area contributed by atoms with Crippen molar-refractivity contribution in [2.45, 2.75) is 27.6 Å². The Morgan fingerprint density at radius 1 is 0.792 bits per heavy atom. The lowest BCUT2D eigenvalue weighted by atomic mass is 9.98. The summed E-state index contributed by atoms with van der Waals surface area (Å²) in [7, 11) is 4.10. The first-order valence-electron chi connectivity index (χ1n) is 9.67. The van der Waals surface area contributed by atoms with Crippen LogP contribution in [0.2, 0.25) is 0 Å². The predicted octanol–water partition coefficient (Wildman–Crippen LogP) is 3.90. The first-order chi connectivity index (χ1) is 12.6. The molecule has 122 valence electrons. The standard InChI is InChI=1S/C22H26N2/c1-15-10-11-21(23(5)14-15)22-9-7-8-20(24(22)6)19-13-17(3)16(2)12-18(19)4/h7-14H,1-6H3/q+2/i2D3. The first-order valence-corrected chi connectivity index (χ1v) is 8.17. The topological polar surface area (TPSA) is 7.76 Å². The summed E-state index contributed by atoms with van der Waals surface area (Å²) in [4.78, 5) is 0. The van der Waals surface area contributed by atoms with E-state index in [1.54, 1.807) is 6.07 Å². The second-order valence-electron chi connectivity index (χ2n) is 6.54. The van der Waals surface area contributed by atoms with Gasteiger partial charge in [-0.1, -0.05) is 6.07 Å². The van der Waals surface area contributed by atoms with Crippen molar-refractivity contribution < 1.29 is 13.2 Å². The smallest absolute Gasteiger partial charge is 0.196 e. The lowest BCUT2D eigenvalue weighted by Crippen LogP contribution is -2.40. The maximum atomic E-state index is 7.74. The third-order valence-corrected chi connectivity index (χ3v) is 4.62. The fourth-order valence-electron chi connectivity index (χ4n) is 3.22. The second kappa shape index (κ2) is 6.20. The molecular formula is C22H26N2+2. The van der Waals surface area contributed by atoms with Gasteiger partial charge in [-0.05, 0) is 62.5 Å². The fourth-order valence-corrected chi connectivity index (χ4v) is 3.22. The number of rotatable bonds is 2. The molecule has 0 aliphatic carbocycles. The van der Waals surface area contributed by atoms with Crippen molar-refractivity contribution in [1.82, 2.24) is 0 Å². The van der Waals surface area contributed by atoms with Crippen LogP contribution in [-0.2, 0) is 14.1 Å². The molecule has 2 nitrogen and oxygen atoms in total. The maximum absolute atomic E-state index is 7.74. The second-order valence-corrected chi connectivity index (χ2v) is 6.54. The van der Waals surface area contributed by atoms with Gasteiger partial charge in [-0.15, -0.1) is 0 Å². The molecule has 0 unspecified atom stereocenters. The minimum absolute atomic E-state index is 0.424. The van der Waals surface area contributed by atoms with Crippen LogP contribution in [0.3, 0.4) is 0 Å². The van der Waals surface area contributed by atoms with Crippen LogP contribution in [0, 0.1) is 27.6 Å². The molecule has 0 N–H and O–H groups in total. The first kappa shape index (κ1) is 12.9. The van der Waals surface area contributed by atoms with Gasteiger partial charge in [-0.3, -0.25) is 0 Å². The Labute approximate surface area is 149 Å². The van der Waals surface area contributed by atoms with Crippen LogP contribution in [0.5, 0.6) is 0 Å². The van der Waals surface area contributed by atoms with Gasteiger partial charge in [0.05, 0.1) is 0 Å². The quantitative estimate of drug-likeness (QED) is 0.632. The zero-order chi connectivity index (χ0) is 19.9. The zero-order valence-electron chi connectivity index (χ0n) is 18.0. The molecule has 24 heavy (non-hydrogen) atoms. The van der Waals surface area contributed by atoms with Crippen molar-refractivity contribution in [3.05, 3.63) is 70.9 Å². The highest BCUT2D eigenvalue weighted by Crippen LogP contribution is 2.25. The highest BCUT2D eigenvalue weighted by Gasteiger charge is 2.23. The average molecular weight is 321 g/mol. The van der Waals surface area contributed by atoms with E-state index < -0.39 is 6.85 Å². The summed E-state index contributed by atoms with van der Waals surface area (Å²) < 4.78 is 27.5. The van der Waals surface area contributed by atoms with Crippen molar-refractivity contribution in [3.8, 4) is 22.6 Å². The van der Waals surface area contributed by atoms with Crippen LogP contribution < -0.4 is 9.13 Å². The summed E-state index contributed by atoms with van der Waals surface area (Å²) in [6.07, 6.45) is 2.11. The number of hydrogen-bond donors (Lipinski definition) is 0. The van der Waals surface area contributed by atoms with E-state index >= 15 is 0 Å². The summed E-state index contributed by atoms with van der Waals surface area (Å²) in [6, 6.07) is 14.3. The van der Waals surface area contributed by atoms with E-state index in [2.05, 4.69) is 66.7 Å². The fraction of sp³-hybridized carbons (Fsp3) is 0.273. The Balaban J connectivity index is 2.19. The van der Waals surface area contributed by atoms with Gasteiger partial charge in [-0.2, -0.15) is 9.13 Å². The number of nitrogens with zero attached hydrogens (tertiary/aromatic N) is 2. The highest BCUT2D eigenvalue weighted by molar-refractivity contribution is 5.64. The van der Waals surface area contributed by atoms with Gasteiger partial charge in [0.2, 0.25) is 5.69 Å². The summed E-state index contributed by atoms with van der Waals surface area (Å²) in [6.45, 7) is 3.84. The molecule has 2 aromatic heterocycles. The van der Waals surface area contributed by atoms with Gasteiger partial charge in [0.15, 0.2) is 6.20 Å². The van der Waals surface area contributed by atoms with E-state index in [1.165, 1.54) is 5.56 Å². The van der Waals surface area contributed by atoms with Crippen LogP contribution in [0.15, 0.2) is 48.7 Å². The summed E-state index contributed by atoms with van der Waals surface area (Å²) >= 11 is 0. The molecule has 0 fully saturated rings. The highest BCUT2D eigenvalue weighted by atomic mass is 15.0. The van der Waals surface area contributed by atoms with Crippen molar-refractivity contribution in [3.63, 3.8) is 0 Å². The number of aromatic nitrogens is 2. The van der Waals surface area contributed by atoms with Crippen LogP contribution in [0.1, 0.15) is 26.4 Å². The van der Waals surface area contributed by atoms with E-state index in [0.29, 0.717) is 5.56 Å². The van der Waals surface area contributed by atoms with E-state index in [4.69, 9.17) is 4.11 Å². The minimum Gasteiger partial charge on any atom is -0.196 e. The van der Waals surface area contributed by atoms with Gasteiger partial charge in [0.25, 0.3) is 11.4 Å². The van der Waals surface area contributed by atoms with Gasteiger partial charge in [-0.25, -0.2) is 0 Å². The average Bonchev–Trinajstić information content (AvgIpc) is 2.57. The number of hydrogen-bond acceptors (Lipinski definition) is 0. The van der Waals surface area contributed by atoms with Crippen LogP contribution in [0.4, 0.5) is 0 Å². The third-order valence-electron chi connectivity index (χ3n) is 4.62. The molecule has 3 rings (SSSR count). The number of aryl methyl sites for hydroxylation is 5. The summed E-state index contributed by atoms with van der Waals surface area (Å²) in [5.74, 6) is 0. The van der Waals surface area contributed by atoms with Crippen LogP contribution in [0.25, 0.3) is 22.6 Å². The molecule has 0 atom stereocenters. The molecule has 3 aromatic rings. The monoisotopic (exact) mass is 321 g/mol. The minimum atomic E-state index is -2.09. The molecule has 0 spiro atoms. The van der Waals surface area contributed by atoms with Crippen molar-refractivity contribution in [2.24, 2.45) is 14.1 Å². The largest absolute Gasteiger partial charge is 0.277 e. The lowest BCUT2D eigenvalue weighted by Gasteiger charge is -2.10. The van der Waals surface area contributed by atoms with Crippen molar-refractivity contribution in [2.75, 3.05) is 0 Å². The number of benzene rings is 1. The zero-order valence-corrected chi connectivity index (χ0v) is 15.0. The molecule has 0 aliphatic rings. The van der Waals surface area contributed by atoms with Gasteiger partial charge in [0.1, 0.15) is 14.1 Å². The molecule has 0 radical (unpaired) electrons. The van der Waals surface area contributed by atoms with E-state index in [-0.39, 0.29) is 0 Å². The molecule has 0 saturated carbocycles. The molecule has 0 aliphatic heterocycles. The number of pyridine rings is 2. The Kier molecular flexibility index (Phi) is 3.33.